The average molecular weight is 456 g/mol. The van der Waals surface area contributed by atoms with Crippen molar-refractivity contribution in [3.63, 3.8) is 0 Å². The van der Waals surface area contributed by atoms with Crippen LogP contribution in [0.1, 0.15) is 37.1 Å². The number of rotatable bonds is 10. The largest absolute Gasteiger partial charge is 0.494 e. The van der Waals surface area contributed by atoms with Crippen LogP contribution in [-0.4, -0.2) is 41.3 Å². The Morgan fingerprint density at radius 2 is 2.16 bits per heavy atom. The number of amides is 1. The summed E-state index contributed by atoms with van der Waals surface area (Å²) in [5.74, 6) is 1.88. The van der Waals surface area contributed by atoms with Gasteiger partial charge in [0, 0.05) is 31.1 Å². The molecule has 0 bridgehead atoms. The molecule has 1 aromatic heterocycles. The molecule has 1 saturated heterocycles. The summed E-state index contributed by atoms with van der Waals surface area (Å²) in [5.41, 5.74) is 3.15. The van der Waals surface area contributed by atoms with Crippen LogP contribution in [0.3, 0.4) is 0 Å². The number of benzene rings is 2. The van der Waals surface area contributed by atoms with Gasteiger partial charge in [-0.15, -0.1) is 0 Å². The summed E-state index contributed by atoms with van der Waals surface area (Å²) in [6, 6.07) is 13.9. The summed E-state index contributed by atoms with van der Waals surface area (Å²) in [7, 11) is 0. The predicted molar refractivity (Wildman–Crippen MR) is 126 cm³/mol. The van der Waals surface area contributed by atoms with E-state index in [4.69, 9.17) is 26.1 Å². The molecule has 0 radical (unpaired) electrons. The molecule has 4 rings (SSSR count). The maximum atomic E-state index is 12.1. The summed E-state index contributed by atoms with van der Waals surface area (Å²) in [6.07, 6.45) is 4.01. The molecule has 1 N–H and O–H groups in total. The molecule has 3 aromatic rings. The first-order valence-electron chi connectivity index (χ1n) is 11.3. The second-order valence-electron chi connectivity index (χ2n) is 8.18. The lowest BCUT2D eigenvalue weighted by atomic mass is 10.2. The number of nitrogens with one attached hydrogen (secondary N) is 1. The van der Waals surface area contributed by atoms with E-state index >= 15 is 0 Å². The summed E-state index contributed by atoms with van der Waals surface area (Å²) in [4.78, 5) is 17.0. The molecule has 0 aliphatic carbocycles. The number of carbonyl (C=O) groups excluding carboxylic acids is 1. The zero-order valence-electron chi connectivity index (χ0n) is 18.5. The second-order valence-corrected chi connectivity index (χ2v) is 8.58. The normalized spacial score (nSPS) is 15.9. The fourth-order valence-electron chi connectivity index (χ4n) is 4.04. The zero-order chi connectivity index (χ0) is 22.3. The Morgan fingerprint density at radius 3 is 2.97 bits per heavy atom. The molecule has 1 aliphatic rings. The fraction of sp³-hybridized carbons (Fsp3) is 0.440. The van der Waals surface area contributed by atoms with Crippen LogP contribution in [0.2, 0.25) is 5.02 Å². The van der Waals surface area contributed by atoms with E-state index in [9.17, 15) is 4.79 Å². The van der Waals surface area contributed by atoms with Crippen LogP contribution in [0.25, 0.3) is 11.0 Å². The Balaban J connectivity index is 1.31. The highest BCUT2D eigenvalue weighted by Crippen LogP contribution is 2.22. The number of carbonyl (C=O) groups is 1. The molecular formula is C25H30ClN3O3. The highest BCUT2D eigenvalue weighted by Gasteiger charge is 2.22. The Kier molecular flexibility index (Phi) is 7.66. The van der Waals surface area contributed by atoms with Crippen LogP contribution in [-0.2, 0) is 22.5 Å². The number of aryl methyl sites for hydroxylation is 3. The lowest BCUT2D eigenvalue weighted by Crippen LogP contribution is -2.34. The first-order valence-corrected chi connectivity index (χ1v) is 11.7. The van der Waals surface area contributed by atoms with E-state index in [0.717, 1.165) is 71.8 Å². The number of fused-ring (bicyclic) bond motifs is 1. The average Bonchev–Trinajstić information content (AvgIpc) is 3.45. The summed E-state index contributed by atoms with van der Waals surface area (Å²) < 4.78 is 13.6. The van der Waals surface area contributed by atoms with Gasteiger partial charge in [0.2, 0.25) is 5.91 Å². The van der Waals surface area contributed by atoms with E-state index in [-0.39, 0.29) is 12.0 Å². The highest BCUT2D eigenvalue weighted by molar-refractivity contribution is 6.31. The Morgan fingerprint density at radius 1 is 1.28 bits per heavy atom. The van der Waals surface area contributed by atoms with E-state index in [1.807, 2.05) is 43.3 Å². The third kappa shape index (κ3) is 5.61. The van der Waals surface area contributed by atoms with E-state index in [1.165, 1.54) is 0 Å². The van der Waals surface area contributed by atoms with Gasteiger partial charge in [-0.05, 0) is 68.5 Å². The van der Waals surface area contributed by atoms with Gasteiger partial charge >= 0.3 is 0 Å². The van der Waals surface area contributed by atoms with Crippen LogP contribution in [0.5, 0.6) is 5.75 Å². The van der Waals surface area contributed by atoms with Gasteiger partial charge in [0.15, 0.2) is 0 Å². The highest BCUT2D eigenvalue weighted by atomic mass is 35.5. The molecule has 7 heteroatoms. The van der Waals surface area contributed by atoms with Crippen molar-refractivity contribution >= 4 is 28.5 Å². The molecule has 1 unspecified atom stereocenters. The Labute approximate surface area is 193 Å². The van der Waals surface area contributed by atoms with Crippen molar-refractivity contribution in [3.05, 3.63) is 58.9 Å². The van der Waals surface area contributed by atoms with Crippen molar-refractivity contribution in [2.75, 3.05) is 19.8 Å². The van der Waals surface area contributed by atoms with E-state index in [2.05, 4.69) is 16.0 Å². The van der Waals surface area contributed by atoms with Crippen molar-refractivity contribution < 1.29 is 14.3 Å². The quantitative estimate of drug-likeness (QED) is 0.450. The maximum absolute atomic E-state index is 12.1. The van der Waals surface area contributed by atoms with Crippen molar-refractivity contribution in [1.82, 2.24) is 14.9 Å². The lowest BCUT2D eigenvalue weighted by molar-refractivity contribution is -0.130. The number of imidazole rings is 1. The minimum absolute atomic E-state index is 0.00517. The molecule has 1 amide bonds. The first kappa shape index (κ1) is 22.6. The molecule has 1 fully saturated rings. The molecule has 6 nitrogen and oxygen atoms in total. The molecular weight excluding hydrogens is 426 g/mol. The van der Waals surface area contributed by atoms with Gasteiger partial charge in [0.1, 0.15) is 17.7 Å². The first-order chi connectivity index (χ1) is 15.6. The third-order valence-corrected chi connectivity index (χ3v) is 6.18. The lowest BCUT2D eigenvalue weighted by Gasteiger charge is -2.12. The van der Waals surface area contributed by atoms with Crippen molar-refractivity contribution in [1.29, 1.82) is 0 Å². The topological polar surface area (TPSA) is 65.4 Å². The molecule has 170 valence electrons. The number of aromatic nitrogens is 2. The number of ether oxygens (including phenoxy) is 2. The monoisotopic (exact) mass is 455 g/mol. The van der Waals surface area contributed by atoms with Gasteiger partial charge in [-0.1, -0.05) is 23.7 Å². The summed E-state index contributed by atoms with van der Waals surface area (Å²) >= 11 is 6.09. The molecule has 0 saturated carbocycles. The number of para-hydroxylation sites is 2. The smallest absolute Gasteiger partial charge is 0.249 e. The number of hydrogen-bond donors (Lipinski definition) is 1. The molecule has 2 aromatic carbocycles. The third-order valence-electron chi connectivity index (χ3n) is 5.76. The van der Waals surface area contributed by atoms with Crippen LogP contribution in [0, 0.1) is 6.92 Å². The van der Waals surface area contributed by atoms with Crippen LogP contribution >= 0.6 is 11.6 Å². The molecule has 1 atom stereocenters. The fourth-order valence-corrected chi connectivity index (χ4v) is 4.16. The van der Waals surface area contributed by atoms with Gasteiger partial charge in [0.25, 0.3) is 0 Å². The summed E-state index contributed by atoms with van der Waals surface area (Å²) in [6.45, 7) is 4.72. The Bertz CT molecular complexity index is 1060. The van der Waals surface area contributed by atoms with Crippen molar-refractivity contribution in [2.45, 2.75) is 51.7 Å². The minimum Gasteiger partial charge on any atom is -0.494 e. The van der Waals surface area contributed by atoms with E-state index in [1.54, 1.807) is 0 Å². The molecule has 1 aliphatic heterocycles. The van der Waals surface area contributed by atoms with E-state index < -0.39 is 0 Å². The molecule has 0 spiro atoms. The SMILES string of the molecule is Cc1cc(OCCCn2c(CCCNC(=O)C3CCCO3)nc3ccccc32)ccc1Cl. The predicted octanol–water partition coefficient (Wildman–Crippen LogP) is 4.70. The Hall–Kier alpha value is -2.57. The van der Waals surface area contributed by atoms with E-state index in [0.29, 0.717) is 19.8 Å². The van der Waals surface area contributed by atoms with Gasteiger partial charge in [-0.3, -0.25) is 4.79 Å². The standard InChI is InChI=1S/C25H30ClN3O3/c1-18-17-19(11-12-20(18)26)31-16-6-14-29-22-8-3-2-7-21(22)28-24(29)10-4-13-27-25(30)23-9-5-15-32-23/h2-3,7-8,11-12,17,23H,4-6,9-10,13-16H2,1H3,(H,27,30). The van der Waals surface area contributed by atoms with Gasteiger partial charge in [-0.2, -0.15) is 0 Å². The number of halogens is 1. The van der Waals surface area contributed by atoms with Crippen molar-refractivity contribution in [2.24, 2.45) is 0 Å². The van der Waals surface area contributed by atoms with Gasteiger partial charge in [-0.25, -0.2) is 4.98 Å². The number of nitrogens with zero attached hydrogens (tertiary/aromatic N) is 2. The van der Waals surface area contributed by atoms with Crippen LogP contribution < -0.4 is 10.1 Å². The van der Waals surface area contributed by atoms with Gasteiger partial charge < -0.3 is 19.4 Å². The van der Waals surface area contributed by atoms with Crippen LogP contribution in [0.15, 0.2) is 42.5 Å². The summed E-state index contributed by atoms with van der Waals surface area (Å²) in [5, 5.41) is 3.75. The number of hydrogen-bond acceptors (Lipinski definition) is 4. The minimum atomic E-state index is -0.274. The molecule has 32 heavy (non-hydrogen) atoms. The van der Waals surface area contributed by atoms with Gasteiger partial charge in [0.05, 0.1) is 17.6 Å². The second kappa shape index (κ2) is 10.8. The maximum Gasteiger partial charge on any atom is 0.249 e. The van der Waals surface area contributed by atoms with Crippen LogP contribution in [0.4, 0.5) is 0 Å². The zero-order valence-corrected chi connectivity index (χ0v) is 19.2. The van der Waals surface area contributed by atoms with Crippen molar-refractivity contribution in [3.8, 4) is 5.75 Å². The molecule has 2 heterocycles.